The number of hydrogen-bond acceptors (Lipinski definition) is 9. The molecule has 0 saturated carbocycles. The zero-order valence-electron chi connectivity index (χ0n) is 19.9. The normalized spacial score (nSPS) is 10.7. The highest BCUT2D eigenvalue weighted by atomic mass is 16.5. The fraction of sp³-hybridized carbons (Fsp3) is 0.250. The number of amides is 1. The first-order chi connectivity index (χ1) is 16.9. The van der Waals surface area contributed by atoms with Crippen molar-refractivity contribution in [3.63, 3.8) is 0 Å². The van der Waals surface area contributed by atoms with Gasteiger partial charge in [0, 0.05) is 12.6 Å². The lowest BCUT2D eigenvalue weighted by molar-refractivity contribution is 0.0946. The van der Waals surface area contributed by atoms with Gasteiger partial charge in [-0.15, -0.1) is 5.10 Å². The van der Waals surface area contributed by atoms with Crippen LogP contribution >= 0.6 is 0 Å². The van der Waals surface area contributed by atoms with Crippen LogP contribution in [0.25, 0.3) is 11.5 Å². The van der Waals surface area contributed by atoms with Gasteiger partial charge < -0.3 is 29.7 Å². The number of methoxy groups -OCH3 is 3. The number of anilines is 1. The molecule has 11 heteroatoms. The summed E-state index contributed by atoms with van der Waals surface area (Å²) in [5, 5.41) is 10.8. The van der Waals surface area contributed by atoms with Crippen molar-refractivity contribution in [1.29, 1.82) is 0 Å². The molecule has 0 atom stereocenters. The van der Waals surface area contributed by atoms with E-state index in [1.54, 1.807) is 40.4 Å². The number of nitrogens with two attached hydrogens (primary N) is 1. The summed E-state index contributed by atoms with van der Waals surface area (Å²) in [5.41, 5.74) is 8.39. The molecule has 2 aromatic carbocycles. The maximum atomic E-state index is 12.6. The van der Waals surface area contributed by atoms with Crippen molar-refractivity contribution in [2.24, 2.45) is 0 Å². The second kappa shape index (κ2) is 10.2. The van der Waals surface area contributed by atoms with Crippen molar-refractivity contribution in [2.75, 3.05) is 27.1 Å². The summed E-state index contributed by atoms with van der Waals surface area (Å²) >= 11 is 0. The Bertz CT molecular complexity index is 1330. The number of benzene rings is 2. The average Bonchev–Trinajstić information content (AvgIpc) is 3.44. The van der Waals surface area contributed by atoms with Crippen LogP contribution in [-0.2, 0) is 13.1 Å². The summed E-state index contributed by atoms with van der Waals surface area (Å²) in [5.74, 6) is 2.62. The number of ether oxygens (including phenoxy) is 3. The molecule has 0 spiro atoms. The van der Waals surface area contributed by atoms with Crippen LogP contribution in [0, 0.1) is 6.92 Å². The molecule has 4 rings (SSSR count). The van der Waals surface area contributed by atoms with Crippen LogP contribution < -0.4 is 25.3 Å². The van der Waals surface area contributed by atoms with Gasteiger partial charge in [0.15, 0.2) is 11.5 Å². The van der Waals surface area contributed by atoms with E-state index in [2.05, 4.69) is 20.6 Å². The van der Waals surface area contributed by atoms with E-state index in [9.17, 15) is 4.79 Å². The van der Waals surface area contributed by atoms with Crippen molar-refractivity contribution in [3.05, 3.63) is 65.2 Å². The number of aryl methyl sites for hydroxylation is 1. The number of nitrogens with one attached hydrogen (secondary N) is 1. The van der Waals surface area contributed by atoms with Gasteiger partial charge in [0.1, 0.15) is 28.7 Å². The molecule has 0 aliphatic heterocycles. The molecule has 35 heavy (non-hydrogen) atoms. The molecule has 1 amide bonds. The first-order valence-electron chi connectivity index (χ1n) is 10.7. The number of aromatic nitrogens is 4. The maximum Gasteiger partial charge on any atom is 0.275 e. The summed E-state index contributed by atoms with van der Waals surface area (Å²) in [6.45, 7) is 2.28. The van der Waals surface area contributed by atoms with Gasteiger partial charge in [-0.2, -0.15) is 0 Å². The molecule has 0 fully saturated rings. The number of rotatable bonds is 9. The summed E-state index contributed by atoms with van der Waals surface area (Å²) in [6, 6.07) is 12.7. The SMILES string of the molecule is COc1ccc(CNC(=O)c2nnn(Cc3nc(-c4ccc(OC)cc4OC)oc3C)c2N)cc1. The second-order valence-electron chi connectivity index (χ2n) is 7.60. The summed E-state index contributed by atoms with van der Waals surface area (Å²) in [4.78, 5) is 17.2. The summed E-state index contributed by atoms with van der Waals surface area (Å²) < 4.78 is 23.1. The van der Waals surface area contributed by atoms with E-state index in [1.165, 1.54) is 4.68 Å². The predicted molar refractivity (Wildman–Crippen MR) is 127 cm³/mol. The largest absolute Gasteiger partial charge is 0.497 e. The van der Waals surface area contributed by atoms with Gasteiger partial charge in [-0.3, -0.25) is 4.79 Å². The number of hydrogen-bond donors (Lipinski definition) is 2. The molecule has 11 nitrogen and oxygen atoms in total. The zero-order chi connectivity index (χ0) is 24.9. The Kier molecular flexibility index (Phi) is 6.86. The van der Waals surface area contributed by atoms with Crippen molar-refractivity contribution in [2.45, 2.75) is 20.0 Å². The second-order valence-corrected chi connectivity index (χ2v) is 7.60. The lowest BCUT2D eigenvalue weighted by atomic mass is 10.2. The third kappa shape index (κ3) is 5.03. The van der Waals surface area contributed by atoms with E-state index in [0.717, 1.165) is 11.3 Å². The van der Waals surface area contributed by atoms with E-state index < -0.39 is 5.91 Å². The van der Waals surface area contributed by atoms with Crippen LogP contribution in [0.4, 0.5) is 5.82 Å². The molecule has 2 aromatic heterocycles. The van der Waals surface area contributed by atoms with Gasteiger partial charge in [-0.25, -0.2) is 9.67 Å². The van der Waals surface area contributed by atoms with E-state index in [0.29, 0.717) is 41.0 Å². The third-order valence-corrected chi connectivity index (χ3v) is 5.43. The Balaban J connectivity index is 1.47. The number of carbonyl (C=O) groups is 1. The van der Waals surface area contributed by atoms with E-state index in [-0.39, 0.29) is 18.1 Å². The Morgan fingerprint density at radius 1 is 1.06 bits per heavy atom. The Morgan fingerprint density at radius 3 is 2.46 bits per heavy atom. The first kappa shape index (κ1) is 23.6. The van der Waals surface area contributed by atoms with Crippen LogP contribution in [0.2, 0.25) is 0 Å². The van der Waals surface area contributed by atoms with Crippen molar-refractivity contribution < 1.29 is 23.4 Å². The molecule has 3 N–H and O–H groups in total. The topological polar surface area (TPSA) is 140 Å². The molecule has 0 aliphatic rings. The molecule has 182 valence electrons. The highest BCUT2D eigenvalue weighted by Crippen LogP contribution is 2.34. The van der Waals surface area contributed by atoms with Gasteiger partial charge in [0.2, 0.25) is 5.89 Å². The molecule has 2 heterocycles. The monoisotopic (exact) mass is 478 g/mol. The molecule has 0 aliphatic carbocycles. The quantitative estimate of drug-likeness (QED) is 0.372. The molecule has 0 bridgehead atoms. The van der Waals surface area contributed by atoms with Gasteiger partial charge >= 0.3 is 0 Å². The summed E-state index contributed by atoms with van der Waals surface area (Å²) in [7, 11) is 4.74. The average molecular weight is 479 g/mol. The minimum atomic E-state index is -0.426. The standard InChI is InChI=1S/C24H26N6O5/c1-14-19(27-24(35-14)18-10-9-17(33-3)11-20(18)34-4)13-30-22(25)21(28-29-30)23(31)26-12-15-5-7-16(32-2)8-6-15/h5-11H,12-13,25H2,1-4H3,(H,26,31). The Labute approximate surface area is 201 Å². The maximum absolute atomic E-state index is 12.6. The van der Waals surface area contributed by atoms with Crippen molar-refractivity contribution in [1.82, 2.24) is 25.3 Å². The molecular weight excluding hydrogens is 452 g/mol. The van der Waals surface area contributed by atoms with E-state index in [1.807, 2.05) is 30.3 Å². The van der Waals surface area contributed by atoms with Crippen LogP contribution in [0.15, 0.2) is 46.9 Å². The minimum Gasteiger partial charge on any atom is -0.497 e. The fourth-order valence-corrected chi connectivity index (χ4v) is 3.42. The highest BCUT2D eigenvalue weighted by Gasteiger charge is 2.21. The fourth-order valence-electron chi connectivity index (χ4n) is 3.42. The molecule has 0 saturated heterocycles. The molecular formula is C24H26N6O5. The van der Waals surface area contributed by atoms with E-state index >= 15 is 0 Å². The van der Waals surface area contributed by atoms with Crippen LogP contribution in [0.3, 0.4) is 0 Å². The van der Waals surface area contributed by atoms with Crippen molar-refractivity contribution in [3.8, 4) is 28.7 Å². The van der Waals surface area contributed by atoms with Crippen LogP contribution in [0.5, 0.6) is 17.2 Å². The molecule has 0 radical (unpaired) electrons. The Morgan fingerprint density at radius 2 is 1.77 bits per heavy atom. The molecule has 4 aromatic rings. The van der Waals surface area contributed by atoms with Gasteiger partial charge in [-0.1, -0.05) is 17.3 Å². The van der Waals surface area contributed by atoms with E-state index in [4.69, 9.17) is 24.4 Å². The Hall–Kier alpha value is -4.54. The smallest absolute Gasteiger partial charge is 0.275 e. The van der Waals surface area contributed by atoms with Crippen molar-refractivity contribution >= 4 is 11.7 Å². The van der Waals surface area contributed by atoms with Gasteiger partial charge in [0.05, 0.1) is 33.4 Å². The van der Waals surface area contributed by atoms with Crippen LogP contribution in [0.1, 0.15) is 27.5 Å². The number of nitrogen functional groups attached to an aromatic ring is 1. The number of carbonyl (C=O) groups excluding carboxylic acids is 1. The minimum absolute atomic E-state index is 0.0386. The van der Waals surface area contributed by atoms with Crippen LogP contribution in [-0.4, -0.2) is 47.2 Å². The van der Waals surface area contributed by atoms with Gasteiger partial charge in [-0.05, 0) is 36.8 Å². The first-order valence-corrected chi connectivity index (χ1v) is 10.7. The zero-order valence-corrected chi connectivity index (χ0v) is 19.9. The highest BCUT2D eigenvalue weighted by molar-refractivity contribution is 5.96. The summed E-state index contributed by atoms with van der Waals surface area (Å²) in [6.07, 6.45) is 0. The number of nitrogens with zero attached hydrogens (tertiary/aromatic N) is 4. The number of oxazole rings is 1. The predicted octanol–water partition coefficient (Wildman–Crippen LogP) is 2.83. The third-order valence-electron chi connectivity index (χ3n) is 5.43. The lowest BCUT2D eigenvalue weighted by Gasteiger charge is -2.07. The van der Waals surface area contributed by atoms with Gasteiger partial charge in [0.25, 0.3) is 5.91 Å². The lowest BCUT2D eigenvalue weighted by Crippen LogP contribution is -2.24. The molecule has 0 unspecified atom stereocenters.